The number of hydrogen-bond acceptors (Lipinski definition) is 7. The van der Waals surface area contributed by atoms with Crippen LogP contribution in [-0.2, 0) is 16.1 Å². The molecule has 2 aromatic heterocycles. The van der Waals surface area contributed by atoms with Gasteiger partial charge in [0.25, 0.3) is 0 Å². The molecule has 0 spiro atoms. The maximum absolute atomic E-state index is 11.6. The van der Waals surface area contributed by atoms with Gasteiger partial charge in [-0.05, 0) is 24.3 Å². The number of carbonyl (C=O) groups excluding carboxylic acids is 1. The number of esters is 1. The van der Waals surface area contributed by atoms with Gasteiger partial charge in [-0.15, -0.1) is 11.3 Å². The van der Waals surface area contributed by atoms with Gasteiger partial charge < -0.3 is 9.15 Å². The summed E-state index contributed by atoms with van der Waals surface area (Å²) >= 11 is 1.45. The maximum atomic E-state index is 11.6. The van der Waals surface area contributed by atoms with Crippen LogP contribution in [-0.4, -0.2) is 15.9 Å². The fourth-order valence-corrected chi connectivity index (χ4v) is 2.72. The van der Waals surface area contributed by atoms with Crippen LogP contribution in [0.4, 0.5) is 5.88 Å². The number of hydrogen-bond donors (Lipinski definition) is 0. The zero-order valence-corrected chi connectivity index (χ0v) is 12.5. The Hall–Kier alpha value is -3.00. The van der Waals surface area contributed by atoms with Crippen LogP contribution in [0.5, 0.6) is 0 Å². The molecular formula is C15H10N2O5S. The first-order chi connectivity index (χ1) is 11.1. The lowest BCUT2D eigenvalue weighted by atomic mass is 10.3. The molecule has 3 aromatic rings. The Morgan fingerprint density at radius 2 is 2.17 bits per heavy atom. The predicted octanol–water partition coefficient (Wildman–Crippen LogP) is 3.55. The zero-order chi connectivity index (χ0) is 16.2. The molecule has 0 saturated heterocycles. The van der Waals surface area contributed by atoms with Crippen LogP contribution < -0.4 is 0 Å². The van der Waals surface area contributed by atoms with Gasteiger partial charge in [0.05, 0.1) is 16.3 Å². The van der Waals surface area contributed by atoms with E-state index in [4.69, 9.17) is 9.15 Å². The number of nitrogens with zero attached hydrogens (tertiary/aromatic N) is 2. The first-order valence-electron chi connectivity index (χ1n) is 6.55. The summed E-state index contributed by atoms with van der Waals surface area (Å²) in [7, 11) is 0. The van der Waals surface area contributed by atoms with Crippen LogP contribution in [0.2, 0.25) is 0 Å². The van der Waals surface area contributed by atoms with Crippen molar-refractivity contribution in [2.45, 2.75) is 6.61 Å². The van der Waals surface area contributed by atoms with Gasteiger partial charge in [0.15, 0.2) is 0 Å². The van der Waals surface area contributed by atoms with Crippen LogP contribution in [0.1, 0.15) is 10.8 Å². The minimum Gasteiger partial charge on any atom is -0.455 e. The minimum absolute atomic E-state index is 0.0703. The van der Waals surface area contributed by atoms with Gasteiger partial charge in [-0.2, -0.15) is 0 Å². The highest BCUT2D eigenvalue weighted by atomic mass is 32.1. The third kappa shape index (κ3) is 3.61. The molecule has 0 aliphatic rings. The van der Waals surface area contributed by atoms with Crippen molar-refractivity contribution < 1.29 is 18.9 Å². The number of para-hydroxylation sites is 1. The lowest BCUT2D eigenvalue weighted by molar-refractivity contribution is -0.402. The molecule has 0 fully saturated rings. The third-order valence-corrected chi connectivity index (χ3v) is 3.86. The Morgan fingerprint density at radius 1 is 1.35 bits per heavy atom. The smallest absolute Gasteiger partial charge is 0.433 e. The topological polar surface area (TPSA) is 95.5 Å². The average Bonchev–Trinajstić information content (AvgIpc) is 3.17. The molecule has 0 saturated carbocycles. The van der Waals surface area contributed by atoms with Gasteiger partial charge in [0.1, 0.15) is 22.3 Å². The Labute approximate surface area is 134 Å². The standard InChI is InChI=1S/C15H10N2O5S/c18-15(8-6-10-5-7-14(22-10)17(19)20)21-9-13-16-11-3-1-2-4-12(11)23-13/h1-8H,9H2/b8-6+. The molecule has 3 rings (SSSR count). The molecule has 0 aliphatic carbocycles. The molecule has 0 atom stereocenters. The van der Waals surface area contributed by atoms with Crippen molar-refractivity contribution in [3.05, 3.63) is 63.4 Å². The first-order valence-corrected chi connectivity index (χ1v) is 7.37. The van der Waals surface area contributed by atoms with Crippen molar-refractivity contribution in [3.63, 3.8) is 0 Å². The Morgan fingerprint density at radius 3 is 2.91 bits per heavy atom. The van der Waals surface area contributed by atoms with Gasteiger partial charge in [-0.25, -0.2) is 9.78 Å². The van der Waals surface area contributed by atoms with Crippen molar-refractivity contribution >= 4 is 39.5 Å². The van der Waals surface area contributed by atoms with Gasteiger partial charge in [-0.3, -0.25) is 10.1 Å². The van der Waals surface area contributed by atoms with Crippen molar-refractivity contribution in [2.75, 3.05) is 0 Å². The molecular weight excluding hydrogens is 320 g/mol. The van der Waals surface area contributed by atoms with Crippen molar-refractivity contribution in [2.24, 2.45) is 0 Å². The van der Waals surface area contributed by atoms with E-state index >= 15 is 0 Å². The van der Waals surface area contributed by atoms with Crippen LogP contribution in [0.25, 0.3) is 16.3 Å². The summed E-state index contributed by atoms with van der Waals surface area (Å²) in [4.78, 5) is 25.8. The highest BCUT2D eigenvalue weighted by Crippen LogP contribution is 2.22. The molecule has 116 valence electrons. The second kappa shape index (κ2) is 6.41. The van der Waals surface area contributed by atoms with Crippen molar-refractivity contribution in [1.82, 2.24) is 4.98 Å². The van der Waals surface area contributed by atoms with Crippen LogP contribution >= 0.6 is 11.3 Å². The summed E-state index contributed by atoms with van der Waals surface area (Å²) in [6, 6.07) is 10.3. The number of benzene rings is 1. The highest BCUT2D eigenvalue weighted by molar-refractivity contribution is 7.18. The van der Waals surface area contributed by atoms with Gasteiger partial charge in [-0.1, -0.05) is 12.1 Å². The van der Waals surface area contributed by atoms with Gasteiger partial charge in [0, 0.05) is 6.08 Å². The van der Waals surface area contributed by atoms with Crippen LogP contribution in [0.15, 0.2) is 46.9 Å². The molecule has 0 aliphatic heterocycles. The Kier molecular flexibility index (Phi) is 4.15. The largest absolute Gasteiger partial charge is 0.455 e. The fraction of sp³-hybridized carbons (Fsp3) is 0.0667. The SMILES string of the molecule is O=C(/C=C/c1ccc([N+](=O)[O-])o1)OCc1nc2ccccc2s1. The maximum Gasteiger partial charge on any atom is 0.433 e. The van der Waals surface area contributed by atoms with E-state index in [9.17, 15) is 14.9 Å². The van der Waals surface area contributed by atoms with E-state index in [1.807, 2.05) is 24.3 Å². The lowest BCUT2D eigenvalue weighted by Gasteiger charge is -1.97. The minimum atomic E-state index is -0.650. The van der Waals surface area contributed by atoms with E-state index in [0.717, 1.165) is 16.3 Å². The summed E-state index contributed by atoms with van der Waals surface area (Å²) in [5.41, 5.74) is 0.863. The van der Waals surface area contributed by atoms with Gasteiger partial charge in [0.2, 0.25) is 0 Å². The summed E-state index contributed by atoms with van der Waals surface area (Å²) < 4.78 is 11.0. The fourth-order valence-electron chi connectivity index (χ4n) is 1.84. The zero-order valence-electron chi connectivity index (χ0n) is 11.7. The van der Waals surface area contributed by atoms with E-state index in [1.54, 1.807) is 0 Å². The number of ether oxygens (including phenoxy) is 1. The molecule has 0 unspecified atom stereocenters. The summed E-state index contributed by atoms with van der Waals surface area (Å²) in [6.45, 7) is 0.0703. The molecule has 1 aromatic carbocycles. The Balaban J connectivity index is 1.58. The number of rotatable bonds is 5. The third-order valence-electron chi connectivity index (χ3n) is 2.85. The number of carbonyl (C=O) groups is 1. The summed E-state index contributed by atoms with van der Waals surface area (Å²) in [6.07, 6.45) is 2.46. The van der Waals surface area contributed by atoms with E-state index in [-0.39, 0.29) is 18.3 Å². The molecule has 0 radical (unpaired) electrons. The summed E-state index contributed by atoms with van der Waals surface area (Å²) in [5.74, 6) is -0.760. The second-order valence-electron chi connectivity index (χ2n) is 4.45. The Bertz CT molecular complexity index is 863. The first kappa shape index (κ1) is 14.9. The average molecular weight is 330 g/mol. The quantitative estimate of drug-likeness (QED) is 0.307. The summed E-state index contributed by atoms with van der Waals surface area (Å²) in [5, 5.41) is 11.2. The number of aromatic nitrogens is 1. The number of furan rings is 1. The van der Waals surface area contributed by atoms with Crippen LogP contribution in [0.3, 0.4) is 0 Å². The van der Waals surface area contributed by atoms with Crippen molar-refractivity contribution in [3.8, 4) is 0 Å². The molecule has 0 N–H and O–H groups in total. The number of thiazole rings is 1. The normalized spacial score (nSPS) is 11.1. The lowest BCUT2D eigenvalue weighted by Crippen LogP contribution is -2.00. The molecule has 0 bridgehead atoms. The van der Waals surface area contributed by atoms with E-state index in [2.05, 4.69) is 4.98 Å². The van der Waals surface area contributed by atoms with Gasteiger partial charge >= 0.3 is 11.9 Å². The second-order valence-corrected chi connectivity index (χ2v) is 5.56. The van der Waals surface area contributed by atoms with E-state index < -0.39 is 10.9 Å². The molecule has 2 heterocycles. The van der Waals surface area contributed by atoms with E-state index in [0.29, 0.717) is 5.01 Å². The highest BCUT2D eigenvalue weighted by Gasteiger charge is 2.10. The molecule has 0 amide bonds. The van der Waals surface area contributed by atoms with Crippen molar-refractivity contribution in [1.29, 1.82) is 0 Å². The number of fused-ring (bicyclic) bond motifs is 1. The monoisotopic (exact) mass is 330 g/mol. The van der Waals surface area contributed by atoms with Crippen LogP contribution in [0, 0.1) is 10.1 Å². The molecule has 23 heavy (non-hydrogen) atoms. The predicted molar refractivity (Wildman–Crippen MR) is 83.8 cm³/mol. The van der Waals surface area contributed by atoms with E-state index in [1.165, 1.54) is 29.5 Å². The molecule has 7 nitrogen and oxygen atoms in total. The molecule has 8 heteroatoms. The number of nitro groups is 1.